The SMILES string of the molecule is CN(Cc1ccccc1F)CC1(CBr)CCCCCC1. The minimum Gasteiger partial charge on any atom is -0.301 e. The van der Waals surface area contributed by atoms with Crippen molar-refractivity contribution in [3.05, 3.63) is 35.6 Å². The maximum Gasteiger partial charge on any atom is 0.127 e. The lowest BCUT2D eigenvalue weighted by atomic mass is 9.82. The highest BCUT2D eigenvalue weighted by atomic mass is 79.9. The first-order chi connectivity index (χ1) is 9.65. The van der Waals surface area contributed by atoms with Crippen LogP contribution in [-0.4, -0.2) is 23.8 Å². The summed E-state index contributed by atoms with van der Waals surface area (Å²) >= 11 is 3.73. The van der Waals surface area contributed by atoms with Crippen molar-refractivity contribution in [2.45, 2.75) is 45.1 Å². The van der Waals surface area contributed by atoms with E-state index in [4.69, 9.17) is 0 Å². The molecule has 0 aromatic heterocycles. The number of halogens is 2. The second-order valence-corrected chi connectivity index (χ2v) is 6.87. The number of hydrogen-bond donors (Lipinski definition) is 0. The van der Waals surface area contributed by atoms with Gasteiger partial charge in [0.1, 0.15) is 5.82 Å². The molecular weight excluding hydrogens is 317 g/mol. The molecule has 0 unspecified atom stereocenters. The molecule has 1 aliphatic rings. The molecular formula is C17H25BrFN. The summed E-state index contributed by atoms with van der Waals surface area (Å²) in [5.74, 6) is -0.0897. The maximum atomic E-state index is 13.7. The third-order valence-corrected chi connectivity index (χ3v) is 5.64. The summed E-state index contributed by atoms with van der Waals surface area (Å²) in [6.45, 7) is 1.74. The van der Waals surface area contributed by atoms with Crippen LogP contribution < -0.4 is 0 Å². The van der Waals surface area contributed by atoms with Gasteiger partial charge in [-0.05, 0) is 31.4 Å². The summed E-state index contributed by atoms with van der Waals surface area (Å²) in [4.78, 5) is 2.28. The number of nitrogens with zero attached hydrogens (tertiary/aromatic N) is 1. The molecule has 1 nitrogen and oxygen atoms in total. The molecule has 1 aliphatic carbocycles. The van der Waals surface area contributed by atoms with Crippen molar-refractivity contribution in [1.29, 1.82) is 0 Å². The van der Waals surface area contributed by atoms with Gasteiger partial charge in [0.15, 0.2) is 0 Å². The van der Waals surface area contributed by atoms with Crippen LogP contribution in [0.1, 0.15) is 44.1 Å². The summed E-state index contributed by atoms with van der Waals surface area (Å²) in [6, 6.07) is 7.11. The Labute approximate surface area is 130 Å². The number of benzene rings is 1. The first kappa shape index (κ1) is 16.0. The fraction of sp³-hybridized carbons (Fsp3) is 0.647. The van der Waals surface area contributed by atoms with Gasteiger partial charge in [-0.3, -0.25) is 0 Å². The lowest BCUT2D eigenvalue weighted by molar-refractivity contribution is 0.169. The fourth-order valence-corrected chi connectivity index (χ4v) is 4.10. The van der Waals surface area contributed by atoms with Crippen molar-refractivity contribution < 1.29 is 4.39 Å². The van der Waals surface area contributed by atoms with E-state index in [1.54, 1.807) is 12.1 Å². The van der Waals surface area contributed by atoms with Gasteiger partial charge >= 0.3 is 0 Å². The number of rotatable bonds is 5. The Bertz CT molecular complexity index is 413. The molecule has 0 bridgehead atoms. The van der Waals surface area contributed by atoms with Crippen LogP contribution in [-0.2, 0) is 6.54 Å². The zero-order valence-electron chi connectivity index (χ0n) is 12.4. The van der Waals surface area contributed by atoms with E-state index in [-0.39, 0.29) is 5.82 Å². The normalized spacial score (nSPS) is 19.0. The highest BCUT2D eigenvalue weighted by Crippen LogP contribution is 2.37. The molecule has 0 saturated heterocycles. The molecule has 1 fully saturated rings. The van der Waals surface area contributed by atoms with Gasteiger partial charge in [0.25, 0.3) is 0 Å². The van der Waals surface area contributed by atoms with E-state index in [0.717, 1.165) is 17.4 Å². The molecule has 1 aromatic rings. The van der Waals surface area contributed by atoms with Crippen LogP contribution in [0, 0.1) is 11.2 Å². The molecule has 1 saturated carbocycles. The van der Waals surface area contributed by atoms with Crippen LogP contribution in [0.4, 0.5) is 4.39 Å². The van der Waals surface area contributed by atoms with Gasteiger partial charge in [-0.25, -0.2) is 4.39 Å². The quantitative estimate of drug-likeness (QED) is 0.538. The molecule has 0 heterocycles. The summed E-state index contributed by atoms with van der Waals surface area (Å²) in [7, 11) is 2.11. The van der Waals surface area contributed by atoms with Crippen LogP contribution >= 0.6 is 15.9 Å². The van der Waals surface area contributed by atoms with Gasteiger partial charge in [-0.1, -0.05) is 59.8 Å². The van der Waals surface area contributed by atoms with E-state index in [9.17, 15) is 4.39 Å². The second-order valence-electron chi connectivity index (χ2n) is 6.31. The van der Waals surface area contributed by atoms with E-state index in [2.05, 4.69) is 27.9 Å². The first-order valence-corrected chi connectivity index (χ1v) is 8.75. The molecule has 0 N–H and O–H groups in total. The van der Waals surface area contributed by atoms with Crippen LogP contribution in [0.5, 0.6) is 0 Å². The van der Waals surface area contributed by atoms with Crippen molar-refractivity contribution in [2.24, 2.45) is 5.41 Å². The van der Waals surface area contributed by atoms with Crippen LogP contribution in [0.3, 0.4) is 0 Å². The Morgan fingerprint density at radius 3 is 2.40 bits per heavy atom. The lowest BCUT2D eigenvalue weighted by Gasteiger charge is -2.35. The molecule has 0 atom stereocenters. The Morgan fingerprint density at radius 2 is 1.80 bits per heavy atom. The molecule has 1 aromatic carbocycles. The second kappa shape index (κ2) is 7.56. The highest BCUT2D eigenvalue weighted by molar-refractivity contribution is 9.09. The number of alkyl halides is 1. The van der Waals surface area contributed by atoms with E-state index in [1.807, 2.05) is 12.1 Å². The van der Waals surface area contributed by atoms with Crippen molar-refractivity contribution in [3.63, 3.8) is 0 Å². The van der Waals surface area contributed by atoms with Crippen molar-refractivity contribution in [3.8, 4) is 0 Å². The van der Waals surface area contributed by atoms with E-state index < -0.39 is 0 Å². The minimum atomic E-state index is -0.0897. The predicted octanol–water partition coefficient (Wildman–Crippen LogP) is 4.99. The Kier molecular flexibility index (Phi) is 6.03. The smallest absolute Gasteiger partial charge is 0.127 e. The van der Waals surface area contributed by atoms with Gasteiger partial charge in [0.2, 0.25) is 0 Å². The third kappa shape index (κ3) is 4.29. The zero-order valence-corrected chi connectivity index (χ0v) is 14.0. The summed E-state index contributed by atoms with van der Waals surface area (Å²) in [5.41, 5.74) is 1.17. The average Bonchev–Trinajstić information content (AvgIpc) is 2.67. The summed E-state index contributed by atoms with van der Waals surface area (Å²) in [6.07, 6.45) is 7.98. The standard InChI is InChI=1S/C17H25BrFN/c1-20(12-15-8-4-5-9-16(15)19)14-17(13-18)10-6-2-3-7-11-17/h4-5,8-9H,2-3,6-7,10-14H2,1H3. The predicted molar refractivity (Wildman–Crippen MR) is 86.7 cm³/mol. The molecule has 3 heteroatoms. The number of hydrogen-bond acceptors (Lipinski definition) is 1. The van der Waals surface area contributed by atoms with E-state index in [1.165, 1.54) is 38.5 Å². The van der Waals surface area contributed by atoms with Gasteiger partial charge in [0, 0.05) is 24.0 Å². The molecule has 0 radical (unpaired) electrons. The lowest BCUT2D eigenvalue weighted by Crippen LogP contribution is -2.36. The van der Waals surface area contributed by atoms with Crippen LogP contribution in [0.2, 0.25) is 0 Å². The Balaban J connectivity index is 1.98. The fourth-order valence-electron chi connectivity index (χ4n) is 3.36. The Hall–Kier alpha value is -0.410. The molecule has 0 aliphatic heterocycles. The maximum absolute atomic E-state index is 13.7. The summed E-state index contributed by atoms with van der Waals surface area (Å²) < 4.78 is 13.7. The van der Waals surface area contributed by atoms with Gasteiger partial charge < -0.3 is 4.90 Å². The van der Waals surface area contributed by atoms with Gasteiger partial charge in [-0.2, -0.15) is 0 Å². The minimum absolute atomic E-state index is 0.0897. The van der Waals surface area contributed by atoms with Crippen LogP contribution in [0.25, 0.3) is 0 Å². The highest BCUT2D eigenvalue weighted by Gasteiger charge is 2.31. The molecule has 0 amide bonds. The molecule has 0 spiro atoms. The van der Waals surface area contributed by atoms with Gasteiger partial charge in [0.05, 0.1) is 0 Å². The van der Waals surface area contributed by atoms with E-state index in [0.29, 0.717) is 12.0 Å². The summed E-state index contributed by atoms with van der Waals surface area (Å²) in [5, 5.41) is 1.06. The van der Waals surface area contributed by atoms with Crippen molar-refractivity contribution in [1.82, 2.24) is 4.90 Å². The van der Waals surface area contributed by atoms with E-state index >= 15 is 0 Å². The van der Waals surface area contributed by atoms with Crippen LogP contribution in [0.15, 0.2) is 24.3 Å². The molecule has 112 valence electrons. The largest absolute Gasteiger partial charge is 0.301 e. The van der Waals surface area contributed by atoms with Crippen molar-refractivity contribution >= 4 is 15.9 Å². The topological polar surface area (TPSA) is 3.24 Å². The zero-order chi connectivity index (χ0) is 14.4. The molecule has 20 heavy (non-hydrogen) atoms. The Morgan fingerprint density at radius 1 is 1.15 bits per heavy atom. The third-order valence-electron chi connectivity index (χ3n) is 4.45. The average molecular weight is 342 g/mol. The first-order valence-electron chi connectivity index (χ1n) is 7.63. The van der Waals surface area contributed by atoms with Crippen molar-refractivity contribution in [2.75, 3.05) is 18.9 Å². The molecule has 2 rings (SSSR count). The van der Waals surface area contributed by atoms with Gasteiger partial charge in [-0.15, -0.1) is 0 Å². The monoisotopic (exact) mass is 341 g/mol.